The lowest BCUT2D eigenvalue weighted by molar-refractivity contribution is 0.0601. The van der Waals surface area contributed by atoms with Gasteiger partial charge >= 0.3 is 5.97 Å². The molecule has 0 fully saturated rings. The summed E-state index contributed by atoms with van der Waals surface area (Å²) in [5.41, 5.74) is 0.947. The molecule has 172 valence electrons. The van der Waals surface area contributed by atoms with Gasteiger partial charge in [-0.1, -0.05) is 18.2 Å². The Morgan fingerprint density at radius 1 is 0.848 bits per heavy atom. The Hall–Kier alpha value is -3.92. The molecular weight excluding hydrogens is 450 g/mol. The van der Waals surface area contributed by atoms with Gasteiger partial charge in [0, 0.05) is 16.8 Å². The quantitative estimate of drug-likeness (QED) is 0.399. The topological polar surface area (TPSA) is 113 Å². The molecule has 0 aliphatic rings. The number of hydrogen-bond donors (Lipinski definition) is 1. The fourth-order valence-electron chi connectivity index (χ4n) is 3.59. The van der Waals surface area contributed by atoms with Crippen LogP contribution >= 0.6 is 0 Å². The van der Waals surface area contributed by atoms with E-state index in [1.54, 1.807) is 12.1 Å². The first kappa shape index (κ1) is 22.3. The number of para-hydroxylation sites is 1. The number of hydrogen-bond acceptors (Lipinski definition) is 8. The molecule has 0 spiro atoms. The van der Waals surface area contributed by atoms with Crippen molar-refractivity contribution in [3.8, 4) is 17.2 Å². The molecule has 4 aromatic rings. The second-order valence-corrected chi connectivity index (χ2v) is 8.60. The third kappa shape index (κ3) is 3.78. The SMILES string of the molecule is COC(=O)c1cc(OC)c(OC)c(OC)c1NS(=O)(=O)c1ccc2oc3ccccc3c2c1. The number of anilines is 1. The maximum absolute atomic E-state index is 13.4. The van der Waals surface area contributed by atoms with Crippen LogP contribution in [0, 0.1) is 0 Å². The average Bonchev–Trinajstić information content (AvgIpc) is 3.20. The van der Waals surface area contributed by atoms with Crippen LogP contribution in [0.5, 0.6) is 17.2 Å². The van der Waals surface area contributed by atoms with E-state index in [9.17, 15) is 13.2 Å². The van der Waals surface area contributed by atoms with Gasteiger partial charge in [0.2, 0.25) is 5.75 Å². The minimum absolute atomic E-state index is 0.0318. The number of benzene rings is 3. The summed E-state index contributed by atoms with van der Waals surface area (Å²) in [5, 5.41) is 1.42. The van der Waals surface area contributed by atoms with Crippen molar-refractivity contribution in [1.82, 2.24) is 0 Å². The highest BCUT2D eigenvalue weighted by Gasteiger charge is 2.29. The normalized spacial score (nSPS) is 11.4. The first-order valence-corrected chi connectivity index (χ1v) is 11.2. The molecule has 33 heavy (non-hydrogen) atoms. The van der Waals surface area contributed by atoms with Crippen molar-refractivity contribution in [2.24, 2.45) is 0 Å². The highest BCUT2D eigenvalue weighted by atomic mass is 32.2. The van der Waals surface area contributed by atoms with E-state index in [-0.39, 0.29) is 33.4 Å². The highest BCUT2D eigenvalue weighted by Crippen LogP contribution is 2.46. The number of ether oxygens (including phenoxy) is 4. The zero-order chi connectivity index (χ0) is 23.8. The number of sulfonamides is 1. The van der Waals surface area contributed by atoms with Crippen molar-refractivity contribution in [3.05, 3.63) is 54.1 Å². The number of esters is 1. The third-order valence-electron chi connectivity index (χ3n) is 5.13. The lowest BCUT2D eigenvalue weighted by Crippen LogP contribution is -2.17. The summed E-state index contributed by atoms with van der Waals surface area (Å²) in [7, 11) is 1.08. The molecule has 0 saturated heterocycles. The molecule has 0 unspecified atom stereocenters. The summed E-state index contributed by atoms with van der Waals surface area (Å²) in [6.07, 6.45) is 0. The molecule has 0 atom stereocenters. The van der Waals surface area contributed by atoms with Crippen molar-refractivity contribution in [1.29, 1.82) is 0 Å². The van der Waals surface area contributed by atoms with Gasteiger partial charge in [-0.2, -0.15) is 0 Å². The molecule has 9 nitrogen and oxygen atoms in total. The van der Waals surface area contributed by atoms with Crippen molar-refractivity contribution in [2.45, 2.75) is 4.90 Å². The van der Waals surface area contributed by atoms with Crippen LogP contribution in [0.2, 0.25) is 0 Å². The molecule has 1 heterocycles. The van der Waals surface area contributed by atoms with Crippen molar-refractivity contribution >= 4 is 43.6 Å². The molecule has 0 amide bonds. The predicted molar refractivity (Wildman–Crippen MR) is 122 cm³/mol. The van der Waals surface area contributed by atoms with Gasteiger partial charge in [0.25, 0.3) is 10.0 Å². The maximum atomic E-state index is 13.4. The summed E-state index contributed by atoms with van der Waals surface area (Å²) < 4.78 is 55.8. The monoisotopic (exact) mass is 471 g/mol. The Kier molecular flexibility index (Phi) is 5.77. The maximum Gasteiger partial charge on any atom is 0.340 e. The zero-order valence-corrected chi connectivity index (χ0v) is 19.1. The number of carbonyl (C=O) groups excluding carboxylic acids is 1. The Labute approximate surface area is 189 Å². The number of carbonyl (C=O) groups is 1. The van der Waals surface area contributed by atoms with E-state index in [4.69, 9.17) is 23.4 Å². The minimum atomic E-state index is -4.17. The van der Waals surface area contributed by atoms with Gasteiger partial charge in [-0.3, -0.25) is 4.72 Å². The van der Waals surface area contributed by atoms with E-state index in [2.05, 4.69) is 4.72 Å². The van der Waals surface area contributed by atoms with Crippen LogP contribution in [0.4, 0.5) is 5.69 Å². The van der Waals surface area contributed by atoms with Gasteiger partial charge in [-0.05, 0) is 24.3 Å². The van der Waals surface area contributed by atoms with Gasteiger partial charge in [0.05, 0.1) is 38.9 Å². The summed E-state index contributed by atoms with van der Waals surface area (Å²) >= 11 is 0. The van der Waals surface area contributed by atoms with Gasteiger partial charge in [0.1, 0.15) is 16.9 Å². The van der Waals surface area contributed by atoms with Crippen LogP contribution in [0.3, 0.4) is 0 Å². The van der Waals surface area contributed by atoms with E-state index in [0.29, 0.717) is 16.6 Å². The number of nitrogens with one attached hydrogen (secondary N) is 1. The molecule has 4 rings (SSSR count). The van der Waals surface area contributed by atoms with E-state index < -0.39 is 16.0 Å². The molecule has 3 aromatic carbocycles. The number of furan rings is 1. The third-order valence-corrected chi connectivity index (χ3v) is 6.48. The number of rotatable bonds is 7. The molecule has 0 aliphatic heterocycles. The molecule has 0 bridgehead atoms. The standard InChI is InChI=1S/C23H21NO8S/c1-28-19-12-16(23(25)31-4)20(22(30-3)21(19)29-2)24-33(26,27)13-9-10-18-15(11-13)14-7-5-6-8-17(14)32-18/h5-12,24H,1-4H3. The Bertz CT molecular complexity index is 1470. The summed E-state index contributed by atoms with van der Waals surface area (Å²) in [6.45, 7) is 0. The smallest absolute Gasteiger partial charge is 0.340 e. The highest BCUT2D eigenvalue weighted by molar-refractivity contribution is 7.92. The van der Waals surface area contributed by atoms with Crippen LogP contribution in [0.1, 0.15) is 10.4 Å². The van der Waals surface area contributed by atoms with Crippen molar-refractivity contribution in [3.63, 3.8) is 0 Å². The fourth-order valence-corrected chi connectivity index (χ4v) is 4.70. The Balaban J connectivity index is 1.88. The Morgan fingerprint density at radius 2 is 1.55 bits per heavy atom. The van der Waals surface area contributed by atoms with Crippen LogP contribution < -0.4 is 18.9 Å². The van der Waals surface area contributed by atoms with Crippen molar-refractivity contribution in [2.75, 3.05) is 33.2 Å². The zero-order valence-electron chi connectivity index (χ0n) is 18.3. The number of fused-ring (bicyclic) bond motifs is 3. The first-order chi connectivity index (χ1) is 15.8. The van der Waals surface area contributed by atoms with Gasteiger partial charge < -0.3 is 23.4 Å². The number of methoxy groups -OCH3 is 4. The second kappa shape index (κ2) is 8.55. The van der Waals surface area contributed by atoms with Crippen LogP contribution in [-0.4, -0.2) is 42.8 Å². The molecule has 0 aliphatic carbocycles. The largest absolute Gasteiger partial charge is 0.493 e. The summed E-state index contributed by atoms with van der Waals surface area (Å²) in [5.74, 6) is -0.537. The van der Waals surface area contributed by atoms with Crippen LogP contribution in [0.15, 0.2) is 57.8 Å². The molecule has 10 heteroatoms. The van der Waals surface area contributed by atoms with Crippen molar-refractivity contribution < 1.29 is 36.6 Å². The van der Waals surface area contributed by atoms with Crippen LogP contribution in [-0.2, 0) is 14.8 Å². The van der Waals surface area contributed by atoms with Gasteiger partial charge in [-0.15, -0.1) is 0 Å². The lowest BCUT2D eigenvalue weighted by Gasteiger charge is -2.19. The average molecular weight is 471 g/mol. The minimum Gasteiger partial charge on any atom is -0.493 e. The van der Waals surface area contributed by atoms with E-state index in [1.807, 2.05) is 18.2 Å². The van der Waals surface area contributed by atoms with E-state index in [1.165, 1.54) is 46.6 Å². The molecule has 1 aromatic heterocycles. The molecule has 0 radical (unpaired) electrons. The summed E-state index contributed by atoms with van der Waals surface area (Å²) in [4.78, 5) is 12.4. The van der Waals surface area contributed by atoms with Gasteiger partial charge in [-0.25, -0.2) is 13.2 Å². The predicted octanol–water partition coefficient (Wildman–Crippen LogP) is 4.20. The van der Waals surface area contributed by atoms with Crippen LogP contribution in [0.25, 0.3) is 21.9 Å². The fraction of sp³-hybridized carbons (Fsp3) is 0.174. The molecular formula is C23H21NO8S. The Morgan fingerprint density at radius 3 is 2.21 bits per heavy atom. The first-order valence-electron chi connectivity index (χ1n) is 9.70. The lowest BCUT2D eigenvalue weighted by atomic mass is 10.1. The molecule has 1 N–H and O–H groups in total. The molecule has 0 saturated carbocycles. The van der Waals surface area contributed by atoms with Gasteiger partial charge in [0.15, 0.2) is 11.5 Å². The second-order valence-electron chi connectivity index (χ2n) is 6.92. The summed E-state index contributed by atoms with van der Waals surface area (Å²) in [6, 6.07) is 13.1. The van der Waals surface area contributed by atoms with E-state index >= 15 is 0 Å². The van der Waals surface area contributed by atoms with E-state index in [0.717, 1.165) is 5.39 Å².